The third-order valence-electron chi connectivity index (χ3n) is 3.24. The molecule has 0 atom stereocenters. The third-order valence-corrected chi connectivity index (χ3v) is 3.24. The van der Waals surface area contributed by atoms with E-state index in [0.29, 0.717) is 17.2 Å². The molecule has 2 N–H and O–H groups in total. The average molecular weight is 257 g/mol. The van der Waals surface area contributed by atoms with Crippen molar-refractivity contribution in [2.75, 3.05) is 5.73 Å². The second kappa shape index (κ2) is 5.43. The number of hydrogen-bond donors (Lipinski definition) is 1. The number of benzene rings is 2. The van der Waals surface area contributed by atoms with Crippen LogP contribution in [-0.2, 0) is 6.42 Å². The summed E-state index contributed by atoms with van der Waals surface area (Å²) in [5.41, 5.74) is 9.98. The standard InChI is InChI=1S/C17H20FN/c1-11(2)7-13-5-4-6-14(9-13)15-10-17(19)12(3)8-16(15)18/h4-6,8-11H,7,19H2,1-3H3. The zero-order valence-electron chi connectivity index (χ0n) is 11.7. The molecule has 2 heteroatoms. The molecule has 0 aromatic heterocycles. The predicted octanol–water partition coefficient (Wildman–Crippen LogP) is 4.58. The Kier molecular flexibility index (Phi) is 3.89. The predicted molar refractivity (Wildman–Crippen MR) is 79.5 cm³/mol. The van der Waals surface area contributed by atoms with Crippen LogP contribution in [0.15, 0.2) is 36.4 Å². The lowest BCUT2D eigenvalue weighted by atomic mass is 9.97. The van der Waals surface area contributed by atoms with Crippen molar-refractivity contribution in [2.24, 2.45) is 5.92 Å². The number of anilines is 1. The molecule has 0 unspecified atom stereocenters. The minimum atomic E-state index is -0.214. The summed E-state index contributed by atoms with van der Waals surface area (Å²) in [6, 6.07) is 11.3. The number of nitrogen functional groups attached to an aromatic ring is 1. The fourth-order valence-corrected chi connectivity index (χ4v) is 2.25. The summed E-state index contributed by atoms with van der Waals surface area (Å²) in [4.78, 5) is 0. The molecule has 0 saturated carbocycles. The molecule has 0 amide bonds. The summed E-state index contributed by atoms with van der Waals surface area (Å²) in [6.07, 6.45) is 0.997. The summed E-state index contributed by atoms with van der Waals surface area (Å²) in [5.74, 6) is 0.372. The molecule has 0 aliphatic rings. The molecule has 100 valence electrons. The van der Waals surface area contributed by atoms with Crippen LogP contribution in [0.2, 0.25) is 0 Å². The van der Waals surface area contributed by atoms with E-state index in [2.05, 4.69) is 19.9 Å². The van der Waals surface area contributed by atoms with Crippen LogP contribution in [0.25, 0.3) is 11.1 Å². The number of aryl methyl sites for hydroxylation is 1. The van der Waals surface area contributed by atoms with Gasteiger partial charge in [-0.3, -0.25) is 0 Å². The van der Waals surface area contributed by atoms with Gasteiger partial charge in [0.2, 0.25) is 0 Å². The first-order valence-electron chi connectivity index (χ1n) is 6.62. The van der Waals surface area contributed by atoms with Gasteiger partial charge in [0.25, 0.3) is 0 Å². The first-order valence-corrected chi connectivity index (χ1v) is 6.62. The second-order valence-electron chi connectivity index (χ2n) is 5.49. The molecule has 0 bridgehead atoms. The molecule has 2 aromatic rings. The highest BCUT2D eigenvalue weighted by Gasteiger charge is 2.09. The maximum atomic E-state index is 14.1. The van der Waals surface area contributed by atoms with E-state index in [-0.39, 0.29) is 5.82 Å². The molecule has 0 aliphatic heterocycles. The van der Waals surface area contributed by atoms with Gasteiger partial charge in [0.05, 0.1) is 0 Å². The number of hydrogen-bond acceptors (Lipinski definition) is 1. The molecular formula is C17H20FN. The Morgan fingerprint density at radius 2 is 1.89 bits per heavy atom. The fraction of sp³-hybridized carbons (Fsp3) is 0.294. The van der Waals surface area contributed by atoms with Gasteiger partial charge < -0.3 is 5.73 Å². The van der Waals surface area contributed by atoms with Gasteiger partial charge >= 0.3 is 0 Å². The maximum Gasteiger partial charge on any atom is 0.131 e. The molecule has 2 rings (SSSR count). The smallest absolute Gasteiger partial charge is 0.131 e. The fourth-order valence-electron chi connectivity index (χ4n) is 2.25. The van der Waals surface area contributed by atoms with E-state index in [1.54, 1.807) is 6.07 Å². The minimum Gasteiger partial charge on any atom is -0.398 e. The molecule has 2 aromatic carbocycles. The Morgan fingerprint density at radius 3 is 2.58 bits per heavy atom. The average Bonchev–Trinajstić information content (AvgIpc) is 2.33. The lowest BCUT2D eigenvalue weighted by Crippen LogP contribution is -1.96. The highest BCUT2D eigenvalue weighted by molar-refractivity contribution is 5.70. The molecule has 0 radical (unpaired) electrons. The van der Waals surface area contributed by atoms with Crippen molar-refractivity contribution in [3.63, 3.8) is 0 Å². The van der Waals surface area contributed by atoms with Crippen molar-refractivity contribution in [1.29, 1.82) is 0 Å². The van der Waals surface area contributed by atoms with E-state index in [9.17, 15) is 4.39 Å². The Hall–Kier alpha value is -1.83. The molecule has 1 nitrogen and oxygen atoms in total. The van der Waals surface area contributed by atoms with Gasteiger partial charge in [-0.25, -0.2) is 4.39 Å². The molecule has 0 spiro atoms. The van der Waals surface area contributed by atoms with Crippen molar-refractivity contribution in [3.05, 3.63) is 53.3 Å². The highest BCUT2D eigenvalue weighted by Crippen LogP contribution is 2.28. The van der Waals surface area contributed by atoms with E-state index >= 15 is 0 Å². The molecular weight excluding hydrogens is 237 g/mol. The van der Waals surface area contributed by atoms with Crippen LogP contribution in [0, 0.1) is 18.7 Å². The van der Waals surface area contributed by atoms with Crippen LogP contribution >= 0.6 is 0 Å². The van der Waals surface area contributed by atoms with E-state index in [1.807, 2.05) is 25.1 Å². The Bertz CT molecular complexity index is 588. The quantitative estimate of drug-likeness (QED) is 0.800. The maximum absolute atomic E-state index is 14.1. The van der Waals surface area contributed by atoms with Crippen molar-refractivity contribution in [2.45, 2.75) is 27.2 Å². The highest BCUT2D eigenvalue weighted by atomic mass is 19.1. The summed E-state index contributed by atoms with van der Waals surface area (Å²) in [6.45, 7) is 6.17. The van der Waals surface area contributed by atoms with E-state index in [4.69, 9.17) is 5.73 Å². The number of nitrogens with two attached hydrogens (primary N) is 1. The summed E-state index contributed by atoms with van der Waals surface area (Å²) in [5, 5.41) is 0. The topological polar surface area (TPSA) is 26.0 Å². The SMILES string of the molecule is Cc1cc(F)c(-c2cccc(CC(C)C)c2)cc1N. The Balaban J connectivity index is 2.44. The summed E-state index contributed by atoms with van der Waals surface area (Å²) >= 11 is 0. The van der Waals surface area contributed by atoms with Crippen LogP contribution in [0.3, 0.4) is 0 Å². The van der Waals surface area contributed by atoms with Crippen molar-refractivity contribution < 1.29 is 4.39 Å². The monoisotopic (exact) mass is 257 g/mol. The third kappa shape index (κ3) is 3.14. The number of halogens is 1. The van der Waals surface area contributed by atoms with E-state index in [0.717, 1.165) is 17.5 Å². The first kappa shape index (κ1) is 13.6. The zero-order valence-corrected chi connectivity index (χ0v) is 11.7. The van der Waals surface area contributed by atoms with E-state index in [1.165, 1.54) is 11.6 Å². The van der Waals surface area contributed by atoms with Gasteiger partial charge in [-0.05, 0) is 48.1 Å². The molecule has 19 heavy (non-hydrogen) atoms. The van der Waals surface area contributed by atoms with Crippen LogP contribution in [0.4, 0.5) is 10.1 Å². The van der Waals surface area contributed by atoms with Crippen LogP contribution < -0.4 is 5.73 Å². The summed E-state index contributed by atoms with van der Waals surface area (Å²) in [7, 11) is 0. The van der Waals surface area contributed by atoms with Gasteiger partial charge in [-0.15, -0.1) is 0 Å². The van der Waals surface area contributed by atoms with Crippen LogP contribution in [-0.4, -0.2) is 0 Å². The molecule has 0 fully saturated rings. The van der Waals surface area contributed by atoms with Crippen LogP contribution in [0.1, 0.15) is 25.0 Å². The van der Waals surface area contributed by atoms with Gasteiger partial charge in [0, 0.05) is 11.3 Å². The lowest BCUT2D eigenvalue weighted by Gasteiger charge is -2.10. The van der Waals surface area contributed by atoms with Crippen molar-refractivity contribution >= 4 is 5.69 Å². The second-order valence-corrected chi connectivity index (χ2v) is 5.49. The lowest BCUT2D eigenvalue weighted by molar-refractivity contribution is 0.630. The van der Waals surface area contributed by atoms with Crippen molar-refractivity contribution in [1.82, 2.24) is 0 Å². The minimum absolute atomic E-state index is 0.214. The molecule has 0 saturated heterocycles. The van der Waals surface area contributed by atoms with Crippen LogP contribution in [0.5, 0.6) is 0 Å². The summed E-state index contributed by atoms with van der Waals surface area (Å²) < 4.78 is 14.1. The largest absolute Gasteiger partial charge is 0.398 e. The Labute approximate surface area is 114 Å². The normalized spacial score (nSPS) is 11.0. The molecule has 0 heterocycles. The van der Waals surface area contributed by atoms with Gasteiger partial charge in [0.1, 0.15) is 5.82 Å². The van der Waals surface area contributed by atoms with E-state index < -0.39 is 0 Å². The first-order chi connectivity index (χ1) is 8.97. The molecule has 0 aliphatic carbocycles. The van der Waals surface area contributed by atoms with Gasteiger partial charge in [0.15, 0.2) is 0 Å². The van der Waals surface area contributed by atoms with Gasteiger partial charge in [-0.1, -0.05) is 38.1 Å². The van der Waals surface area contributed by atoms with Crippen molar-refractivity contribution in [3.8, 4) is 11.1 Å². The van der Waals surface area contributed by atoms with Gasteiger partial charge in [-0.2, -0.15) is 0 Å². The zero-order chi connectivity index (χ0) is 14.0. The Morgan fingerprint density at radius 1 is 1.16 bits per heavy atom. The number of rotatable bonds is 3.